The first-order chi connectivity index (χ1) is 8.83. The number of halogens is 3. The molecule has 19 heavy (non-hydrogen) atoms. The maximum absolute atomic E-state index is 11.3. The number of amides is 2. The van der Waals surface area contributed by atoms with Gasteiger partial charge >= 0.3 is 12.2 Å². The summed E-state index contributed by atoms with van der Waals surface area (Å²) in [4.78, 5) is 11.3. The molecule has 1 rings (SSSR count). The van der Waals surface area contributed by atoms with Crippen molar-refractivity contribution in [2.24, 2.45) is 0 Å². The fourth-order valence-corrected chi connectivity index (χ4v) is 1.08. The number of carbonyl (C=O) groups excluding carboxylic acids is 1. The first-order valence-electron chi connectivity index (χ1n) is 5.99. The molecule has 0 aliphatic rings. The monoisotopic (exact) mass is 276 g/mol. The molecule has 0 heterocycles. The summed E-state index contributed by atoms with van der Waals surface area (Å²) in [6.45, 7) is 3.01. The smallest absolute Gasteiger partial charge is 0.338 e. The van der Waals surface area contributed by atoms with E-state index in [4.69, 9.17) is 0 Å². The number of alkyl halides is 3. The number of hydrogen-bond donors (Lipinski definition) is 2. The first kappa shape index (κ1) is 17.3. The lowest BCUT2D eigenvalue weighted by Crippen LogP contribution is -2.29. The maximum atomic E-state index is 11.3. The lowest BCUT2D eigenvalue weighted by atomic mass is 10.3. The molecule has 0 fully saturated rings. The van der Waals surface area contributed by atoms with E-state index in [1.807, 2.05) is 30.3 Å². The Morgan fingerprint density at radius 1 is 1.21 bits per heavy atom. The van der Waals surface area contributed by atoms with E-state index >= 15 is 0 Å². The molecule has 1 aromatic rings. The van der Waals surface area contributed by atoms with Gasteiger partial charge in [0.15, 0.2) is 0 Å². The standard InChI is InChI=1S/C11H16N2O.C2H3F3/c1-2-3-9-12-11(14)13-10-7-5-4-6-8-10;1-2(3,4)5/h4-8H,2-3,9H2,1H3,(H2,12,13,14);1H3. The van der Waals surface area contributed by atoms with E-state index in [2.05, 4.69) is 17.6 Å². The van der Waals surface area contributed by atoms with Crippen molar-refractivity contribution in [3.8, 4) is 0 Å². The minimum absolute atomic E-state index is 0.135. The highest BCUT2D eigenvalue weighted by atomic mass is 19.4. The zero-order valence-corrected chi connectivity index (χ0v) is 11.1. The van der Waals surface area contributed by atoms with Crippen molar-refractivity contribution in [3.05, 3.63) is 30.3 Å². The van der Waals surface area contributed by atoms with E-state index in [9.17, 15) is 18.0 Å². The molecule has 6 heteroatoms. The van der Waals surface area contributed by atoms with Gasteiger partial charge in [0.25, 0.3) is 0 Å². The predicted molar refractivity (Wildman–Crippen MR) is 70.1 cm³/mol. The van der Waals surface area contributed by atoms with Crippen LogP contribution in [0.15, 0.2) is 30.3 Å². The highest BCUT2D eigenvalue weighted by molar-refractivity contribution is 5.89. The van der Waals surface area contributed by atoms with Crippen molar-refractivity contribution in [1.82, 2.24) is 5.32 Å². The Bertz CT molecular complexity index is 347. The fraction of sp³-hybridized carbons (Fsp3) is 0.462. The van der Waals surface area contributed by atoms with Crippen LogP contribution in [0, 0.1) is 0 Å². The van der Waals surface area contributed by atoms with Gasteiger partial charge < -0.3 is 10.6 Å². The molecule has 2 N–H and O–H groups in total. The van der Waals surface area contributed by atoms with E-state index in [0.29, 0.717) is 0 Å². The number of carbonyl (C=O) groups is 1. The van der Waals surface area contributed by atoms with Gasteiger partial charge in [-0.25, -0.2) is 4.79 Å². The molecule has 0 aromatic heterocycles. The molecule has 0 spiro atoms. The molecular weight excluding hydrogens is 257 g/mol. The molecule has 0 aliphatic heterocycles. The zero-order valence-electron chi connectivity index (χ0n) is 11.1. The Morgan fingerprint density at radius 2 is 1.74 bits per heavy atom. The summed E-state index contributed by atoms with van der Waals surface area (Å²) in [7, 11) is 0. The van der Waals surface area contributed by atoms with Crippen LogP contribution in [0.3, 0.4) is 0 Å². The van der Waals surface area contributed by atoms with Gasteiger partial charge in [-0.2, -0.15) is 13.2 Å². The van der Waals surface area contributed by atoms with E-state index in [1.54, 1.807) is 0 Å². The normalized spacial score (nSPS) is 10.2. The van der Waals surface area contributed by atoms with Crippen molar-refractivity contribution in [2.75, 3.05) is 11.9 Å². The molecule has 2 amide bonds. The second-order valence-electron chi connectivity index (χ2n) is 3.88. The van der Waals surface area contributed by atoms with Crippen molar-refractivity contribution in [2.45, 2.75) is 32.9 Å². The molecule has 0 saturated heterocycles. The Balaban J connectivity index is 0.000000555. The van der Waals surface area contributed by atoms with Gasteiger partial charge in [0.1, 0.15) is 0 Å². The number of anilines is 1. The highest BCUT2D eigenvalue weighted by Crippen LogP contribution is 2.10. The molecule has 0 saturated carbocycles. The molecule has 0 bridgehead atoms. The molecule has 0 radical (unpaired) electrons. The Hall–Kier alpha value is -1.72. The third-order valence-corrected chi connectivity index (χ3v) is 1.85. The van der Waals surface area contributed by atoms with Gasteiger partial charge in [-0.1, -0.05) is 31.5 Å². The summed E-state index contributed by atoms with van der Waals surface area (Å²) in [6, 6.07) is 9.28. The average molecular weight is 276 g/mol. The summed E-state index contributed by atoms with van der Waals surface area (Å²) in [5.41, 5.74) is 0.821. The van der Waals surface area contributed by atoms with E-state index in [1.165, 1.54) is 0 Å². The van der Waals surface area contributed by atoms with Crippen LogP contribution in [0.5, 0.6) is 0 Å². The van der Waals surface area contributed by atoms with Gasteiger partial charge in [0, 0.05) is 19.2 Å². The summed E-state index contributed by atoms with van der Waals surface area (Å²) in [5, 5.41) is 5.53. The Labute approximate surface area is 111 Å². The number of hydrogen-bond acceptors (Lipinski definition) is 1. The summed E-state index contributed by atoms with van der Waals surface area (Å²) in [6.07, 6.45) is -1.90. The zero-order chi connectivity index (χ0) is 14.7. The molecule has 1 aromatic carbocycles. The number of benzene rings is 1. The van der Waals surface area contributed by atoms with Gasteiger partial charge in [0.2, 0.25) is 0 Å². The second-order valence-corrected chi connectivity index (χ2v) is 3.88. The topological polar surface area (TPSA) is 41.1 Å². The van der Waals surface area contributed by atoms with Crippen molar-refractivity contribution in [1.29, 1.82) is 0 Å². The quantitative estimate of drug-likeness (QED) is 0.796. The van der Waals surface area contributed by atoms with E-state index in [-0.39, 0.29) is 13.0 Å². The molecule has 0 atom stereocenters. The fourth-order valence-electron chi connectivity index (χ4n) is 1.08. The van der Waals surface area contributed by atoms with Crippen molar-refractivity contribution < 1.29 is 18.0 Å². The van der Waals surface area contributed by atoms with Crippen LogP contribution in [0.2, 0.25) is 0 Å². The maximum Gasteiger partial charge on any atom is 0.386 e. The Kier molecular flexibility index (Phi) is 8.41. The van der Waals surface area contributed by atoms with Gasteiger partial charge in [-0.15, -0.1) is 0 Å². The third kappa shape index (κ3) is 14.2. The molecule has 3 nitrogen and oxygen atoms in total. The largest absolute Gasteiger partial charge is 0.386 e. The van der Waals surface area contributed by atoms with Crippen LogP contribution >= 0.6 is 0 Å². The van der Waals surface area contributed by atoms with Crippen molar-refractivity contribution >= 4 is 11.7 Å². The number of urea groups is 1. The first-order valence-corrected chi connectivity index (χ1v) is 5.99. The van der Waals surface area contributed by atoms with Gasteiger partial charge in [0.05, 0.1) is 0 Å². The number of rotatable bonds is 4. The summed E-state index contributed by atoms with van der Waals surface area (Å²) >= 11 is 0. The molecule has 0 unspecified atom stereocenters. The minimum atomic E-state index is -4.00. The second kappa shape index (κ2) is 9.24. The van der Waals surface area contributed by atoms with E-state index in [0.717, 1.165) is 25.1 Å². The number of para-hydroxylation sites is 1. The third-order valence-electron chi connectivity index (χ3n) is 1.85. The van der Waals surface area contributed by atoms with Crippen LogP contribution in [-0.2, 0) is 0 Å². The van der Waals surface area contributed by atoms with Crippen LogP contribution < -0.4 is 10.6 Å². The van der Waals surface area contributed by atoms with Crippen LogP contribution in [0.4, 0.5) is 23.7 Å². The average Bonchev–Trinajstić information content (AvgIpc) is 2.28. The van der Waals surface area contributed by atoms with Gasteiger partial charge in [-0.3, -0.25) is 0 Å². The number of unbranched alkanes of at least 4 members (excludes halogenated alkanes) is 1. The van der Waals surface area contributed by atoms with Crippen LogP contribution in [-0.4, -0.2) is 18.8 Å². The van der Waals surface area contributed by atoms with Gasteiger partial charge in [-0.05, 0) is 18.6 Å². The molecule has 0 aliphatic carbocycles. The highest BCUT2D eigenvalue weighted by Gasteiger charge is 2.15. The van der Waals surface area contributed by atoms with Crippen LogP contribution in [0.25, 0.3) is 0 Å². The molecular formula is C13H19F3N2O. The minimum Gasteiger partial charge on any atom is -0.338 e. The summed E-state index contributed by atoms with van der Waals surface area (Å²) in [5.74, 6) is 0. The van der Waals surface area contributed by atoms with E-state index < -0.39 is 6.18 Å². The van der Waals surface area contributed by atoms with Crippen LogP contribution in [0.1, 0.15) is 26.7 Å². The van der Waals surface area contributed by atoms with Crippen molar-refractivity contribution in [3.63, 3.8) is 0 Å². The predicted octanol–water partition coefficient (Wildman–Crippen LogP) is 4.18. The Morgan fingerprint density at radius 3 is 2.21 bits per heavy atom. The molecule has 108 valence electrons. The summed E-state index contributed by atoms with van der Waals surface area (Å²) < 4.78 is 31.1. The lowest BCUT2D eigenvalue weighted by Gasteiger charge is -2.06. The number of nitrogens with one attached hydrogen (secondary N) is 2. The lowest BCUT2D eigenvalue weighted by molar-refractivity contribution is -0.110. The SMILES string of the molecule is CC(F)(F)F.CCCCNC(=O)Nc1ccccc1.